The van der Waals surface area contributed by atoms with Crippen molar-refractivity contribution in [2.24, 2.45) is 0 Å². The summed E-state index contributed by atoms with van der Waals surface area (Å²) in [5.41, 5.74) is 5.02. The first-order chi connectivity index (χ1) is 9.00. The molecule has 1 aromatic carbocycles. The molecule has 3 heteroatoms. The van der Waals surface area contributed by atoms with Crippen molar-refractivity contribution in [1.29, 1.82) is 0 Å². The van der Waals surface area contributed by atoms with Crippen LogP contribution in [0.1, 0.15) is 47.6 Å². The van der Waals surface area contributed by atoms with Crippen LogP contribution in [0.2, 0.25) is 0 Å². The molecule has 3 rings (SSSR count). The molecular formula is C16H17NO2. The quantitative estimate of drug-likeness (QED) is 0.724. The molecule has 1 aliphatic heterocycles. The summed E-state index contributed by atoms with van der Waals surface area (Å²) in [7, 11) is 0. The molecule has 0 spiro atoms. The first kappa shape index (κ1) is 12.2. The van der Waals surface area contributed by atoms with E-state index < -0.39 is 0 Å². The van der Waals surface area contributed by atoms with Crippen LogP contribution in [-0.4, -0.2) is 16.7 Å². The number of hydrogen-bond donors (Lipinski definition) is 0. The maximum atomic E-state index is 11.9. The van der Waals surface area contributed by atoms with Crippen molar-refractivity contribution >= 4 is 11.8 Å². The van der Waals surface area contributed by atoms with Crippen LogP contribution in [0.3, 0.4) is 0 Å². The zero-order chi connectivity index (χ0) is 13.7. The van der Waals surface area contributed by atoms with Gasteiger partial charge in [0, 0.05) is 12.2 Å². The summed E-state index contributed by atoms with van der Waals surface area (Å²) >= 11 is 0. The Labute approximate surface area is 112 Å². The van der Waals surface area contributed by atoms with Gasteiger partial charge in [0.1, 0.15) is 0 Å². The van der Waals surface area contributed by atoms with Crippen molar-refractivity contribution in [1.82, 2.24) is 4.90 Å². The van der Waals surface area contributed by atoms with Gasteiger partial charge in [-0.2, -0.15) is 0 Å². The second-order valence-electron chi connectivity index (χ2n) is 5.54. The van der Waals surface area contributed by atoms with Gasteiger partial charge in [-0.15, -0.1) is 0 Å². The summed E-state index contributed by atoms with van der Waals surface area (Å²) < 4.78 is 0. The van der Waals surface area contributed by atoms with E-state index in [4.69, 9.17) is 0 Å². The largest absolute Gasteiger partial charge is 0.269 e. The number of benzene rings is 1. The van der Waals surface area contributed by atoms with Crippen LogP contribution in [0.4, 0.5) is 0 Å². The fourth-order valence-corrected chi connectivity index (χ4v) is 3.35. The van der Waals surface area contributed by atoms with E-state index in [1.165, 1.54) is 33.7 Å². The molecule has 0 fully saturated rings. The van der Waals surface area contributed by atoms with E-state index >= 15 is 0 Å². The summed E-state index contributed by atoms with van der Waals surface area (Å²) in [5, 5.41) is 0. The van der Waals surface area contributed by atoms with Crippen LogP contribution < -0.4 is 0 Å². The number of nitrogens with zero attached hydrogens (tertiary/aromatic N) is 1. The van der Waals surface area contributed by atoms with Gasteiger partial charge in [0.15, 0.2) is 0 Å². The molecule has 3 nitrogen and oxygen atoms in total. The van der Waals surface area contributed by atoms with Gasteiger partial charge in [-0.25, -0.2) is 0 Å². The highest BCUT2D eigenvalue weighted by molar-refractivity contribution is 6.13. The van der Waals surface area contributed by atoms with Gasteiger partial charge in [-0.05, 0) is 48.4 Å². The molecule has 1 aromatic rings. The SMILES string of the molecule is Cc1ccc2c(c1C)[C@@H](C)C[C@@H]2N1C(=O)C=CC1=O. The Kier molecular flexibility index (Phi) is 2.59. The summed E-state index contributed by atoms with van der Waals surface area (Å²) in [5.74, 6) is 0.0163. The normalized spacial score (nSPS) is 25.3. The molecule has 0 unspecified atom stereocenters. The van der Waals surface area contributed by atoms with Gasteiger partial charge >= 0.3 is 0 Å². The van der Waals surface area contributed by atoms with E-state index in [1.807, 2.05) is 0 Å². The minimum atomic E-state index is -0.187. The van der Waals surface area contributed by atoms with Gasteiger partial charge in [-0.1, -0.05) is 19.1 Å². The van der Waals surface area contributed by atoms with E-state index in [0.29, 0.717) is 5.92 Å². The Morgan fingerprint density at radius 1 is 1.11 bits per heavy atom. The van der Waals surface area contributed by atoms with Crippen LogP contribution in [0, 0.1) is 13.8 Å². The maximum Gasteiger partial charge on any atom is 0.254 e. The third-order valence-corrected chi connectivity index (χ3v) is 4.40. The predicted molar refractivity (Wildman–Crippen MR) is 72.7 cm³/mol. The summed E-state index contributed by atoms with van der Waals surface area (Å²) in [6.45, 7) is 6.39. The summed E-state index contributed by atoms with van der Waals surface area (Å²) in [6.07, 6.45) is 3.57. The average molecular weight is 255 g/mol. The van der Waals surface area contributed by atoms with Crippen molar-refractivity contribution in [3.8, 4) is 0 Å². The molecule has 0 radical (unpaired) electrons. The molecule has 2 amide bonds. The van der Waals surface area contributed by atoms with E-state index in [-0.39, 0.29) is 17.9 Å². The number of imide groups is 1. The second-order valence-corrected chi connectivity index (χ2v) is 5.54. The Morgan fingerprint density at radius 3 is 2.37 bits per heavy atom. The molecule has 0 aromatic heterocycles. The molecule has 0 N–H and O–H groups in total. The standard InChI is InChI=1S/C16H17NO2/c1-9-4-5-12-13(8-10(2)16(12)11(9)3)17-14(18)6-7-15(17)19/h4-7,10,13H,8H2,1-3H3/t10-,13-/m0/s1. The Balaban J connectivity index is 2.08. The van der Waals surface area contributed by atoms with E-state index in [0.717, 1.165) is 12.0 Å². The first-order valence-electron chi connectivity index (χ1n) is 6.66. The molecule has 19 heavy (non-hydrogen) atoms. The molecule has 1 heterocycles. The van der Waals surface area contributed by atoms with Crippen LogP contribution in [0.5, 0.6) is 0 Å². The summed E-state index contributed by atoms with van der Waals surface area (Å²) in [6, 6.07) is 4.06. The molecule has 2 aliphatic rings. The molecular weight excluding hydrogens is 238 g/mol. The topological polar surface area (TPSA) is 37.4 Å². The molecule has 0 bridgehead atoms. The third kappa shape index (κ3) is 1.65. The van der Waals surface area contributed by atoms with E-state index in [9.17, 15) is 9.59 Å². The predicted octanol–water partition coefficient (Wildman–Crippen LogP) is 2.78. The Hall–Kier alpha value is -1.90. The lowest BCUT2D eigenvalue weighted by molar-refractivity contribution is -0.139. The lowest BCUT2D eigenvalue weighted by atomic mass is 9.94. The minimum Gasteiger partial charge on any atom is -0.269 e. The van der Waals surface area contributed by atoms with Gasteiger partial charge in [0.2, 0.25) is 0 Å². The fraction of sp³-hybridized carbons (Fsp3) is 0.375. The molecule has 0 saturated carbocycles. The van der Waals surface area contributed by atoms with Crippen molar-refractivity contribution in [2.75, 3.05) is 0 Å². The number of carbonyl (C=O) groups is 2. The van der Waals surface area contributed by atoms with Crippen molar-refractivity contribution in [3.63, 3.8) is 0 Å². The molecule has 1 aliphatic carbocycles. The van der Waals surface area contributed by atoms with Crippen molar-refractivity contribution < 1.29 is 9.59 Å². The molecule has 2 atom stereocenters. The number of fused-ring (bicyclic) bond motifs is 1. The third-order valence-electron chi connectivity index (χ3n) is 4.40. The highest BCUT2D eigenvalue weighted by atomic mass is 16.2. The first-order valence-corrected chi connectivity index (χ1v) is 6.66. The Morgan fingerprint density at radius 2 is 1.74 bits per heavy atom. The lowest BCUT2D eigenvalue weighted by Crippen LogP contribution is -2.33. The van der Waals surface area contributed by atoms with Gasteiger partial charge in [0.25, 0.3) is 11.8 Å². The second kappa shape index (κ2) is 4.05. The van der Waals surface area contributed by atoms with Crippen molar-refractivity contribution in [2.45, 2.75) is 39.2 Å². The number of carbonyl (C=O) groups excluding carboxylic acids is 2. The Bertz CT molecular complexity index is 597. The highest BCUT2D eigenvalue weighted by Crippen LogP contribution is 2.46. The minimum absolute atomic E-state index is 0.0979. The zero-order valence-electron chi connectivity index (χ0n) is 11.4. The van der Waals surface area contributed by atoms with Crippen molar-refractivity contribution in [3.05, 3.63) is 46.5 Å². The maximum absolute atomic E-state index is 11.9. The smallest absolute Gasteiger partial charge is 0.254 e. The highest BCUT2D eigenvalue weighted by Gasteiger charge is 2.39. The number of aryl methyl sites for hydroxylation is 1. The number of amides is 2. The number of rotatable bonds is 1. The van der Waals surface area contributed by atoms with Crippen LogP contribution in [0.15, 0.2) is 24.3 Å². The number of hydrogen-bond acceptors (Lipinski definition) is 2. The monoisotopic (exact) mass is 255 g/mol. The molecule has 0 saturated heterocycles. The van der Waals surface area contributed by atoms with Gasteiger partial charge < -0.3 is 0 Å². The van der Waals surface area contributed by atoms with Crippen LogP contribution >= 0.6 is 0 Å². The zero-order valence-corrected chi connectivity index (χ0v) is 11.4. The lowest BCUT2D eigenvalue weighted by Gasteiger charge is -2.23. The average Bonchev–Trinajstić information content (AvgIpc) is 2.85. The fourth-order valence-electron chi connectivity index (χ4n) is 3.35. The van der Waals surface area contributed by atoms with E-state index in [1.54, 1.807) is 0 Å². The van der Waals surface area contributed by atoms with Gasteiger partial charge in [-0.3, -0.25) is 14.5 Å². The molecule has 98 valence electrons. The van der Waals surface area contributed by atoms with Crippen LogP contribution in [-0.2, 0) is 9.59 Å². The van der Waals surface area contributed by atoms with Gasteiger partial charge in [0.05, 0.1) is 6.04 Å². The van der Waals surface area contributed by atoms with Crippen LogP contribution in [0.25, 0.3) is 0 Å². The van der Waals surface area contributed by atoms with E-state index in [2.05, 4.69) is 32.9 Å². The summed E-state index contributed by atoms with van der Waals surface area (Å²) in [4.78, 5) is 25.1.